The first-order chi connectivity index (χ1) is 7.74. The lowest BCUT2D eigenvalue weighted by atomic mass is 10.1. The molecule has 0 radical (unpaired) electrons. The van der Waals surface area contributed by atoms with Crippen LogP contribution < -0.4 is 5.32 Å². The van der Waals surface area contributed by atoms with Crippen LogP contribution in [0.1, 0.15) is 51.8 Å². The fourth-order valence-electron chi connectivity index (χ4n) is 2.06. The smallest absolute Gasteiger partial charge is 0.0640 e. The summed E-state index contributed by atoms with van der Waals surface area (Å²) in [4.78, 5) is 0. The van der Waals surface area contributed by atoms with Crippen molar-refractivity contribution in [1.82, 2.24) is 15.1 Å². The first kappa shape index (κ1) is 13.2. The van der Waals surface area contributed by atoms with Gasteiger partial charge in [0.25, 0.3) is 0 Å². The highest BCUT2D eigenvalue weighted by atomic mass is 15.3. The number of hydrogen-bond donors (Lipinski definition) is 1. The maximum Gasteiger partial charge on any atom is 0.0640 e. The van der Waals surface area contributed by atoms with Crippen LogP contribution in [0.25, 0.3) is 0 Å². The van der Waals surface area contributed by atoms with E-state index in [1.54, 1.807) is 0 Å². The number of hydrogen-bond acceptors (Lipinski definition) is 2. The molecule has 0 aliphatic carbocycles. The SMILES string of the molecule is CCC(Cc1ccn(C(CC)CC)n1)NC. The highest BCUT2D eigenvalue weighted by Crippen LogP contribution is 2.15. The molecule has 3 nitrogen and oxygen atoms in total. The van der Waals surface area contributed by atoms with Crippen molar-refractivity contribution in [2.45, 2.75) is 58.5 Å². The van der Waals surface area contributed by atoms with Crippen LogP contribution in [-0.2, 0) is 6.42 Å². The molecule has 1 heterocycles. The van der Waals surface area contributed by atoms with E-state index in [-0.39, 0.29) is 0 Å². The molecular formula is C13H25N3. The lowest BCUT2D eigenvalue weighted by molar-refractivity contribution is 0.422. The minimum absolute atomic E-state index is 0.546. The summed E-state index contributed by atoms with van der Waals surface area (Å²) in [6.07, 6.45) is 6.60. The maximum absolute atomic E-state index is 4.66. The minimum Gasteiger partial charge on any atom is -0.317 e. The molecule has 3 heteroatoms. The van der Waals surface area contributed by atoms with E-state index in [1.165, 1.54) is 5.69 Å². The van der Waals surface area contributed by atoms with Gasteiger partial charge in [0.05, 0.1) is 11.7 Å². The van der Waals surface area contributed by atoms with E-state index in [0.717, 1.165) is 25.7 Å². The Labute approximate surface area is 99.2 Å². The van der Waals surface area contributed by atoms with Gasteiger partial charge in [0.1, 0.15) is 0 Å². The Morgan fingerprint density at radius 3 is 2.44 bits per heavy atom. The predicted octanol–water partition coefficient (Wildman–Crippen LogP) is 2.78. The summed E-state index contributed by atoms with van der Waals surface area (Å²) in [5.74, 6) is 0. The van der Waals surface area contributed by atoms with Crippen LogP contribution in [0.4, 0.5) is 0 Å². The topological polar surface area (TPSA) is 29.9 Å². The van der Waals surface area contributed by atoms with Crippen LogP contribution in [0.3, 0.4) is 0 Å². The van der Waals surface area contributed by atoms with E-state index in [2.05, 4.69) is 48.1 Å². The van der Waals surface area contributed by atoms with Gasteiger partial charge in [-0.15, -0.1) is 0 Å². The van der Waals surface area contributed by atoms with Crippen LogP contribution in [-0.4, -0.2) is 22.9 Å². The van der Waals surface area contributed by atoms with E-state index in [9.17, 15) is 0 Å². The van der Waals surface area contributed by atoms with Gasteiger partial charge >= 0.3 is 0 Å². The molecule has 0 aliphatic heterocycles. The summed E-state index contributed by atoms with van der Waals surface area (Å²) in [5, 5.41) is 7.98. The molecule has 1 rings (SSSR count). The second-order valence-electron chi connectivity index (χ2n) is 4.36. The number of rotatable bonds is 7. The van der Waals surface area contributed by atoms with Gasteiger partial charge < -0.3 is 5.32 Å². The Hall–Kier alpha value is -0.830. The van der Waals surface area contributed by atoms with Gasteiger partial charge in [0, 0.05) is 18.7 Å². The second-order valence-corrected chi connectivity index (χ2v) is 4.36. The van der Waals surface area contributed by atoms with Gasteiger partial charge in [-0.3, -0.25) is 4.68 Å². The van der Waals surface area contributed by atoms with Crippen molar-refractivity contribution in [3.8, 4) is 0 Å². The van der Waals surface area contributed by atoms with Crippen molar-refractivity contribution in [3.05, 3.63) is 18.0 Å². The summed E-state index contributed by atoms with van der Waals surface area (Å²) >= 11 is 0. The van der Waals surface area contributed by atoms with Crippen molar-refractivity contribution >= 4 is 0 Å². The summed E-state index contributed by atoms with van der Waals surface area (Å²) in [6.45, 7) is 6.65. The summed E-state index contributed by atoms with van der Waals surface area (Å²) in [6, 6.07) is 3.26. The number of likely N-dealkylation sites (N-methyl/N-ethyl adjacent to an activating group) is 1. The van der Waals surface area contributed by atoms with Crippen LogP contribution in [0.5, 0.6) is 0 Å². The standard InChI is InChI=1S/C13H25N3/c1-5-11(14-4)10-12-8-9-16(15-12)13(6-2)7-3/h8-9,11,13-14H,5-7,10H2,1-4H3. The molecule has 0 saturated carbocycles. The number of aromatic nitrogens is 2. The highest BCUT2D eigenvalue weighted by Gasteiger charge is 2.10. The Balaban J connectivity index is 2.63. The largest absolute Gasteiger partial charge is 0.317 e. The zero-order chi connectivity index (χ0) is 12.0. The quantitative estimate of drug-likeness (QED) is 0.770. The third-order valence-electron chi connectivity index (χ3n) is 3.34. The molecule has 0 fully saturated rings. The van der Waals surface area contributed by atoms with Crippen LogP contribution in [0.15, 0.2) is 12.3 Å². The van der Waals surface area contributed by atoms with Crippen LogP contribution in [0, 0.1) is 0 Å². The molecule has 1 N–H and O–H groups in total. The van der Waals surface area contributed by atoms with E-state index in [0.29, 0.717) is 12.1 Å². The van der Waals surface area contributed by atoms with Crippen molar-refractivity contribution in [2.75, 3.05) is 7.05 Å². The van der Waals surface area contributed by atoms with E-state index < -0.39 is 0 Å². The van der Waals surface area contributed by atoms with Crippen molar-refractivity contribution in [3.63, 3.8) is 0 Å². The van der Waals surface area contributed by atoms with Gasteiger partial charge in [-0.05, 0) is 32.4 Å². The zero-order valence-electron chi connectivity index (χ0n) is 11.0. The van der Waals surface area contributed by atoms with Gasteiger partial charge in [0.15, 0.2) is 0 Å². The highest BCUT2D eigenvalue weighted by molar-refractivity contribution is 5.02. The molecule has 0 spiro atoms. The predicted molar refractivity (Wildman–Crippen MR) is 68.7 cm³/mol. The average Bonchev–Trinajstić information content (AvgIpc) is 2.76. The summed E-state index contributed by atoms with van der Waals surface area (Å²) in [7, 11) is 2.02. The average molecular weight is 223 g/mol. The fraction of sp³-hybridized carbons (Fsp3) is 0.769. The molecule has 0 amide bonds. The van der Waals surface area contributed by atoms with Crippen LogP contribution >= 0.6 is 0 Å². The van der Waals surface area contributed by atoms with Gasteiger partial charge in [-0.1, -0.05) is 20.8 Å². The monoisotopic (exact) mass is 223 g/mol. The van der Waals surface area contributed by atoms with Crippen LogP contribution in [0.2, 0.25) is 0 Å². The molecule has 1 aromatic rings. The van der Waals surface area contributed by atoms with Crippen molar-refractivity contribution < 1.29 is 0 Å². The molecule has 92 valence electrons. The zero-order valence-corrected chi connectivity index (χ0v) is 11.0. The Morgan fingerprint density at radius 2 is 1.94 bits per heavy atom. The normalized spacial score (nSPS) is 13.3. The molecule has 0 aliphatic rings. The van der Waals surface area contributed by atoms with Crippen molar-refractivity contribution in [1.29, 1.82) is 0 Å². The molecule has 0 aromatic carbocycles. The van der Waals surface area contributed by atoms with E-state index >= 15 is 0 Å². The maximum atomic E-state index is 4.66. The Morgan fingerprint density at radius 1 is 1.25 bits per heavy atom. The fourth-order valence-corrected chi connectivity index (χ4v) is 2.06. The Bertz CT molecular complexity index is 285. The van der Waals surface area contributed by atoms with Gasteiger partial charge in [-0.25, -0.2) is 0 Å². The first-order valence-electron chi connectivity index (χ1n) is 6.46. The molecular weight excluding hydrogens is 198 g/mol. The molecule has 1 unspecified atom stereocenters. The lowest BCUT2D eigenvalue weighted by Crippen LogP contribution is -2.26. The van der Waals surface area contributed by atoms with E-state index in [1.807, 2.05) is 7.05 Å². The number of nitrogens with one attached hydrogen (secondary N) is 1. The molecule has 1 aromatic heterocycles. The molecule has 1 atom stereocenters. The molecule has 0 saturated heterocycles. The molecule has 16 heavy (non-hydrogen) atoms. The van der Waals surface area contributed by atoms with Crippen molar-refractivity contribution in [2.24, 2.45) is 0 Å². The summed E-state index contributed by atoms with van der Waals surface area (Å²) in [5.41, 5.74) is 1.20. The van der Waals surface area contributed by atoms with E-state index in [4.69, 9.17) is 0 Å². The summed E-state index contributed by atoms with van der Waals surface area (Å²) < 4.78 is 2.12. The lowest BCUT2D eigenvalue weighted by Gasteiger charge is -2.14. The third-order valence-corrected chi connectivity index (χ3v) is 3.34. The first-order valence-corrected chi connectivity index (χ1v) is 6.46. The van der Waals surface area contributed by atoms with Gasteiger partial charge in [-0.2, -0.15) is 5.10 Å². The number of nitrogens with zero attached hydrogens (tertiary/aromatic N) is 2. The Kier molecular flexibility index (Phi) is 5.53. The minimum atomic E-state index is 0.546. The molecule has 0 bridgehead atoms. The second kappa shape index (κ2) is 6.69. The third kappa shape index (κ3) is 3.34. The van der Waals surface area contributed by atoms with Gasteiger partial charge in [0.2, 0.25) is 0 Å².